The number of hydrogen-bond acceptors (Lipinski definition) is 3. The minimum atomic E-state index is -0.0159. The van der Waals surface area contributed by atoms with Crippen molar-refractivity contribution in [2.45, 2.75) is 19.8 Å². The zero-order valence-electron chi connectivity index (χ0n) is 12.8. The summed E-state index contributed by atoms with van der Waals surface area (Å²) in [5, 5.41) is 0. The molecule has 3 nitrogen and oxygen atoms in total. The molecule has 0 radical (unpaired) electrons. The molecule has 118 valence electrons. The number of furan rings is 1. The van der Waals surface area contributed by atoms with E-state index in [1.54, 1.807) is 6.07 Å². The van der Waals surface area contributed by atoms with Crippen molar-refractivity contribution in [2.24, 2.45) is 5.92 Å². The molecule has 1 aliphatic heterocycles. The molecule has 0 spiro atoms. The Morgan fingerprint density at radius 2 is 1.82 bits per heavy atom. The van der Waals surface area contributed by atoms with Crippen LogP contribution in [0.3, 0.4) is 0 Å². The molecule has 1 aromatic carbocycles. The summed E-state index contributed by atoms with van der Waals surface area (Å²) in [7, 11) is 0. The Morgan fingerprint density at radius 1 is 1.14 bits per heavy atom. The molecule has 0 bridgehead atoms. The normalized spacial score (nSPS) is 16.2. The van der Waals surface area contributed by atoms with E-state index in [0.29, 0.717) is 5.76 Å². The minimum absolute atomic E-state index is 0. The van der Waals surface area contributed by atoms with E-state index >= 15 is 0 Å². The smallest absolute Gasteiger partial charge is 0.202 e. The molecule has 0 aliphatic carbocycles. The first-order valence-corrected chi connectivity index (χ1v) is 7.66. The average Bonchev–Trinajstić information content (AvgIpc) is 3.18. The maximum absolute atomic E-state index is 12.5. The molecule has 1 aliphatic rings. The van der Waals surface area contributed by atoms with Gasteiger partial charge >= 0.3 is 0 Å². The summed E-state index contributed by atoms with van der Waals surface area (Å²) in [6, 6.07) is 13.6. The lowest BCUT2D eigenvalue weighted by atomic mass is 10.0. The van der Waals surface area contributed by atoms with Crippen molar-refractivity contribution in [3.8, 4) is 11.3 Å². The standard InChI is InChI=1S/C18H21NO2.ClH/c1-14(13-19-11-5-6-12-19)18(20)17-10-9-16(21-17)15-7-3-2-4-8-15;/h2-4,7-10,14H,5-6,11-13H2,1H3;1H. The van der Waals surface area contributed by atoms with Crippen LogP contribution in [-0.4, -0.2) is 30.3 Å². The number of rotatable bonds is 5. The van der Waals surface area contributed by atoms with E-state index < -0.39 is 0 Å². The molecule has 1 saturated heterocycles. The molecule has 0 amide bonds. The van der Waals surface area contributed by atoms with E-state index in [4.69, 9.17) is 4.42 Å². The Hall–Kier alpha value is -1.58. The maximum Gasteiger partial charge on any atom is 0.202 e. The number of hydrogen-bond donors (Lipinski definition) is 0. The second-order valence-electron chi connectivity index (χ2n) is 5.80. The Kier molecular flexibility index (Phi) is 5.81. The first kappa shape index (κ1) is 16.8. The predicted octanol–water partition coefficient (Wildman–Crippen LogP) is 4.28. The minimum Gasteiger partial charge on any atom is -0.453 e. The fraction of sp³-hybridized carbons (Fsp3) is 0.389. The SMILES string of the molecule is CC(CN1CCCC1)C(=O)c1ccc(-c2ccccc2)o1.Cl. The van der Waals surface area contributed by atoms with Gasteiger partial charge in [-0.05, 0) is 38.1 Å². The monoisotopic (exact) mass is 319 g/mol. The number of likely N-dealkylation sites (tertiary alicyclic amines) is 1. The molecule has 2 heterocycles. The largest absolute Gasteiger partial charge is 0.453 e. The summed E-state index contributed by atoms with van der Waals surface area (Å²) in [6.45, 7) is 5.06. The summed E-state index contributed by atoms with van der Waals surface area (Å²) < 4.78 is 5.75. The van der Waals surface area contributed by atoms with E-state index in [2.05, 4.69) is 4.90 Å². The van der Waals surface area contributed by atoms with Crippen LogP contribution in [0.15, 0.2) is 46.9 Å². The van der Waals surface area contributed by atoms with E-state index in [0.717, 1.165) is 31.0 Å². The number of carbonyl (C=O) groups is 1. The molecule has 1 unspecified atom stereocenters. The van der Waals surface area contributed by atoms with Gasteiger partial charge in [0.2, 0.25) is 5.78 Å². The first-order chi connectivity index (χ1) is 10.2. The second-order valence-corrected chi connectivity index (χ2v) is 5.80. The molecule has 1 atom stereocenters. The van der Waals surface area contributed by atoms with Gasteiger partial charge in [-0.2, -0.15) is 0 Å². The van der Waals surface area contributed by atoms with Gasteiger partial charge in [-0.3, -0.25) is 4.79 Å². The molecule has 1 fully saturated rings. The van der Waals surface area contributed by atoms with Gasteiger partial charge in [0.15, 0.2) is 5.76 Å². The van der Waals surface area contributed by atoms with Gasteiger partial charge in [-0.25, -0.2) is 0 Å². The van der Waals surface area contributed by atoms with Gasteiger partial charge in [0.05, 0.1) is 0 Å². The fourth-order valence-electron chi connectivity index (χ4n) is 2.91. The zero-order valence-corrected chi connectivity index (χ0v) is 13.6. The number of Topliss-reactive ketones (excluding diaryl/α,β-unsaturated/α-hetero) is 1. The molecule has 3 rings (SSSR count). The summed E-state index contributed by atoms with van der Waals surface area (Å²) in [4.78, 5) is 14.8. The number of ketones is 1. The molecule has 22 heavy (non-hydrogen) atoms. The molecule has 0 saturated carbocycles. The fourth-order valence-corrected chi connectivity index (χ4v) is 2.91. The summed E-state index contributed by atoms with van der Waals surface area (Å²) in [5.41, 5.74) is 1.00. The van der Waals surface area contributed by atoms with Crippen molar-refractivity contribution >= 4 is 18.2 Å². The van der Waals surface area contributed by atoms with Crippen LogP contribution in [0.1, 0.15) is 30.3 Å². The van der Waals surface area contributed by atoms with Gasteiger partial charge in [-0.1, -0.05) is 37.3 Å². The third-order valence-electron chi connectivity index (χ3n) is 4.09. The van der Waals surface area contributed by atoms with Crippen molar-refractivity contribution in [3.63, 3.8) is 0 Å². The van der Waals surface area contributed by atoms with Gasteiger partial charge in [0.25, 0.3) is 0 Å². The third kappa shape index (κ3) is 3.79. The molecule has 0 N–H and O–H groups in total. The topological polar surface area (TPSA) is 33.5 Å². The van der Waals surface area contributed by atoms with Gasteiger partial charge < -0.3 is 9.32 Å². The first-order valence-electron chi connectivity index (χ1n) is 7.66. The zero-order chi connectivity index (χ0) is 14.7. The highest BCUT2D eigenvalue weighted by Gasteiger charge is 2.23. The van der Waals surface area contributed by atoms with Crippen molar-refractivity contribution in [3.05, 3.63) is 48.2 Å². The summed E-state index contributed by atoms with van der Waals surface area (Å²) in [6.07, 6.45) is 2.50. The summed E-state index contributed by atoms with van der Waals surface area (Å²) in [5.74, 6) is 1.31. The van der Waals surface area contributed by atoms with Crippen LogP contribution in [0.5, 0.6) is 0 Å². The number of benzene rings is 1. The van der Waals surface area contributed by atoms with Gasteiger partial charge in [0.1, 0.15) is 5.76 Å². The van der Waals surface area contributed by atoms with Gasteiger partial charge in [0, 0.05) is 18.0 Å². The average molecular weight is 320 g/mol. The Morgan fingerprint density at radius 3 is 2.50 bits per heavy atom. The quantitative estimate of drug-likeness (QED) is 0.771. The third-order valence-corrected chi connectivity index (χ3v) is 4.09. The lowest BCUT2D eigenvalue weighted by Crippen LogP contribution is -2.29. The molecule has 4 heteroatoms. The predicted molar refractivity (Wildman–Crippen MR) is 90.6 cm³/mol. The second kappa shape index (κ2) is 7.61. The highest BCUT2D eigenvalue weighted by atomic mass is 35.5. The van der Waals surface area contributed by atoms with Crippen LogP contribution in [0.2, 0.25) is 0 Å². The molecule has 2 aromatic rings. The van der Waals surface area contributed by atoms with Crippen molar-refractivity contribution in [2.75, 3.05) is 19.6 Å². The van der Waals surface area contributed by atoms with E-state index in [9.17, 15) is 4.79 Å². The maximum atomic E-state index is 12.5. The van der Waals surface area contributed by atoms with Crippen LogP contribution in [-0.2, 0) is 0 Å². The van der Waals surface area contributed by atoms with Crippen molar-refractivity contribution in [1.82, 2.24) is 4.90 Å². The van der Waals surface area contributed by atoms with Crippen LogP contribution in [0, 0.1) is 5.92 Å². The van der Waals surface area contributed by atoms with Crippen LogP contribution < -0.4 is 0 Å². The lowest BCUT2D eigenvalue weighted by molar-refractivity contribution is 0.0875. The molecular formula is C18H22ClNO2. The van der Waals surface area contributed by atoms with Crippen molar-refractivity contribution < 1.29 is 9.21 Å². The van der Waals surface area contributed by atoms with Gasteiger partial charge in [-0.15, -0.1) is 12.4 Å². The number of halogens is 1. The van der Waals surface area contributed by atoms with Crippen molar-refractivity contribution in [1.29, 1.82) is 0 Å². The summed E-state index contributed by atoms with van der Waals surface area (Å²) >= 11 is 0. The van der Waals surface area contributed by atoms with E-state index in [1.165, 1.54) is 12.8 Å². The number of carbonyl (C=O) groups excluding carboxylic acids is 1. The van der Waals surface area contributed by atoms with Crippen LogP contribution in [0.4, 0.5) is 0 Å². The highest BCUT2D eigenvalue weighted by Crippen LogP contribution is 2.23. The van der Waals surface area contributed by atoms with E-state index in [-0.39, 0.29) is 24.1 Å². The lowest BCUT2D eigenvalue weighted by Gasteiger charge is -2.18. The van der Waals surface area contributed by atoms with E-state index in [1.807, 2.05) is 43.3 Å². The number of nitrogens with zero attached hydrogens (tertiary/aromatic N) is 1. The Balaban J connectivity index is 0.00000176. The Bertz CT molecular complexity index is 603. The molecular weight excluding hydrogens is 298 g/mol. The Labute approximate surface area is 137 Å². The highest BCUT2D eigenvalue weighted by molar-refractivity contribution is 5.95. The van der Waals surface area contributed by atoms with Crippen LogP contribution in [0.25, 0.3) is 11.3 Å². The molecule has 1 aromatic heterocycles. The van der Waals surface area contributed by atoms with Crippen LogP contribution >= 0.6 is 12.4 Å².